The molecule has 17 heavy (non-hydrogen) atoms. The maximum Gasteiger partial charge on any atom is 0.242 e. The van der Waals surface area contributed by atoms with Gasteiger partial charge in [0.25, 0.3) is 0 Å². The number of hydrogen-bond acceptors (Lipinski definition) is 3. The lowest BCUT2D eigenvalue weighted by atomic mass is 10.1. The van der Waals surface area contributed by atoms with Gasteiger partial charge in [0.1, 0.15) is 0 Å². The van der Waals surface area contributed by atoms with Crippen LogP contribution in [0.25, 0.3) is 0 Å². The van der Waals surface area contributed by atoms with E-state index in [1.807, 2.05) is 13.8 Å². The Hall–Kier alpha value is -1.10. The molecule has 2 fully saturated rings. The zero-order valence-electron chi connectivity index (χ0n) is 10.5. The number of epoxide rings is 1. The van der Waals surface area contributed by atoms with Crippen LogP contribution in [-0.4, -0.2) is 60.5 Å². The van der Waals surface area contributed by atoms with Crippen LogP contribution >= 0.6 is 0 Å². The maximum atomic E-state index is 11.8. The van der Waals surface area contributed by atoms with Crippen molar-refractivity contribution in [2.75, 3.05) is 32.8 Å². The van der Waals surface area contributed by atoms with Crippen molar-refractivity contribution in [2.45, 2.75) is 26.4 Å². The number of carbonyl (C=O) groups excluding carboxylic acids is 2. The van der Waals surface area contributed by atoms with Crippen LogP contribution in [0.1, 0.15) is 20.3 Å². The van der Waals surface area contributed by atoms with E-state index in [1.54, 1.807) is 9.80 Å². The molecule has 2 aliphatic heterocycles. The molecule has 0 saturated carbocycles. The fourth-order valence-corrected chi connectivity index (χ4v) is 2.01. The largest absolute Gasteiger partial charge is 0.371 e. The molecule has 0 radical (unpaired) electrons. The van der Waals surface area contributed by atoms with Gasteiger partial charge in [-0.3, -0.25) is 9.59 Å². The minimum Gasteiger partial charge on any atom is -0.371 e. The van der Waals surface area contributed by atoms with Crippen molar-refractivity contribution in [1.29, 1.82) is 0 Å². The Morgan fingerprint density at radius 2 is 2.18 bits per heavy atom. The van der Waals surface area contributed by atoms with Crippen LogP contribution in [0.3, 0.4) is 0 Å². The van der Waals surface area contributed by atoms with E-state index in [4.69, 9.17) is 4.74 Å². The summed E-state index contributed by atoms with van der Waals surface area (Å²) in [5.74, 6) is 0.482. The fraction of sp³-hybridized carbons (Fsp3) is 0.833. The molecule has 0 N–H and O–H groups in total. The highest BCUT2D eigenvalue weighted by Crippen LogP contribution is 2.14. The minimum absolute atomic E-state index is 0.0452. The van der Waals surface area contributed by atoms with E-state index in [9.17, 15) is 9.59 Å². The lowest BCUT2D eigenvalue weighted by Crippen LogP contribution is -2.53. The SMILES string of the molecule is CC(C)CC(=O)N1CCN(C[C@H]2CO2)C(=O)C1. The molecule has 0 unspecified atom stereocenters. The Morgan fingerprint density at radius 1 is 1.47 bits per heavy atom. The summed E-state index contributed by atoms with van der Waals surface area (Å²) >= 11 is 0. The first-order valence-corrected chi connectivity index (χ1v) is 6.23. The molecule has 5 heteroatoms. The van der Waals surface area contributed by atoms with E-state index >= 15 is 0 Å². The summed E-state index contributed by atoms with van der Waals surface area (Å²) in [5, 5.41) is 0. The maximum absolute atomic E-state index is 11.8. The molecule has 0 aromatic carbocycles. The van der Waals surface area contributed by atoms with Gasteiger partial charge >= 0.3 is 0 Å². The molecule has 5 nitrogen and oxygen atoms in total. The molecule has 2 rings (SSSR count). The zero-order valence-corrected chi connectivity index (χ0v) is 10.5. The summed E-state index contributed by atoms with van der Waals surface area (Å²) in [4.78, 5) is 27.1. The van der Waals surface area contributed by atoms with Gasteiger partial charge in [0.2, 0.25) is 11.8 Å². The van der Waals surface area contributed by atoms with Crippen LogP contribution in [-0.2, 0) is 14.3 Å². The smallest absolute Gasteiger partial charge is 0.242 e. The Labute approximate surface area is 102 Å². The van der Waals surface area contributed by atoms with Crippen molar-refractivity contribution in [2.24, 2.45) is 5.92 Å². The number of carbonyl (C=O) groups is 2. The predicted octanol–water partition coefficient (Wildman–Crippen LogP) is 0.102. The van der Waals surface area contributed by atoms with E-state index in [2.05, 4.69) is 0 Å². The zero-order chi connectivity index (χ0) is 12.4. The van der Waals surface area contributed by atoms with Gasteiger partial charge in [-0.15, -0.1) is 0 Å². The molecule has 2 heterocycles. The van der Waals surface area contributed by atoms with Crippen LogP contribution < -0.4 is 0 Å². The Balaban J connectivity index is 1.81. The van der Waals surface area contributed by atoms with E-state index in [0.717, 1.165) is 6.61 Å². The number of ether oxygens (including phenoxy) is 1. The lowest BCUT2D eigenvalue weighted by molar-refractivity contribution is -0.145. The van der Waals surface area contributed by atoms with Crippen LogP contribution in [0, 0.1) is 5.92 Å². The number of piperazine rings is 1. The van der Waals surface area contributed by atoms with E-state index < -0.39 is 0 Å². The molecule has 0 aromatic heterocycles. The van der Waals surface area contributed by atoms with Crippen molar-refractivity contribution in [3.8, 4) is 0 Å². The standard InChI is InChI=1S/C12H20N2O3/c1-9(2)5-11(15)14-4-3-13(12(16)7-14)6-10-8-17-10/h9-10H,3-8H2,1-2H3/t10-/m0/s1. The molecule has 0 aliphatic carbocycles. The summed E-state index contributed by atoms with van der Waals surface area (Å²) in [5.41, 5.74) is 0. The Morgan fingerprint density at radius 3 is 2.71 bits per heavy atom. The molecule has 2 aliphatic rings. The summed E-state index contributed by atoms with van der Waals surface area (Å²) in [6.07, 6.45) is 0.760. The highest BCUT2D eigenvalue weighted by Gasteiger charge is 2.32. The Kier molecular flexibility index (Phi) is 3.66. The number of nitrogens with zero attached hydrogens (tertiary/aromatic N) is 2. The molecule has 1 atom stereocenters. The summed E-state index contributed by atoms with van der Waals surface area (Å²) in [6.45, 7) is 7.01. The predicted molar refractivity (Wildman–Crippen MR) is 62.4 cm³/mol. The molecule has 2 saturated heterocycles. The fourth-order valence-electron chi connectivity index (χ4n) is 2.01. The van der Waals surface area contributed by atoms with Gasteiger partial charge in [-0.25, -0.2) is 0 Å². The first-order chi connectivity index (χ1) is 8.06. The van der Waals surface area contributed by atoms with E-state index in [1.165, 1.54) is 0 Å². The van der Waals surface area contributed by atoms with Crippen molar-refractivity contribution in [1.82, 2.24) is 9.80 Å². The summed E-state index contributed by atoms with van der Waals surface area (Å²) in [7, 11) is 0. The number of amides is 2. The second kappa shape index (κ2) is 5.04. The number of rotatable bonds is 4. The van der Waals surface area contributed by atoms with Gasteiger partial charge in [-0.1, -0.05) is 13.8 Å². The van der Waals surface area contributed by atoms with E-state index in [-0.39, 0.29) is 24.5 Å². The first-order valence-electron chi connectivity index (χ1n) is 6.23. The lowest BCUT2D eigenvalue weighted by Gasteiger charge is -2.34. The quantitative estimate of drug-likeness (QED) is 0.655. The van der Waals surface area contributed by atoms with Crippen molar-refractivity contribution < 1.29 is 14.3 Å². The molecule has 0 bridgehead atoms. The molecular weight excluding hydrogens is 220 g/mol. The monoisotopic (exact) mass is 240 g/mol. The van der Waals surface area contributed by atoms with Gasteiger partial charge in [-0.05, 0) is 5.92 Å². The van der Waals surface area contributed by atoms with Gasteiger partial charge in [-0.2, -0.15) is 0 Å². The third-order valence-electron chi connectivity index (χ3n) is 3.08. The summed E-state index contributed by atoms with van der Waals surface area (Å²) < 4.78 is 5.11. The molecule has 0 aromatic rings. The van der Waals surface area contributed by atoms with Gasteiger partial charge in [0.05, 0.1) is 19.3 Å². The first kappa shape index (κ1) is 12.4. The third kappa shape index (κ3) is 3.43. The second-order valence-electron chi connectivity index (χ2n) is 5.21. The van der Waals surface area contributed by atoms with Crippen molar-refractivity contribution >= 4 is 11.8 Å². The average molecular weight is 240 g/mol. The van der Waals surface area contributed by atoms with Crippen molar-refractivity contribution in [3.63, 3.8) is 0 Å². The highest BCUT2D eigenvalue weighted by molar-refractivity contribution is 5.86. The van der Waals surface area contributed by atoms with Crippen molar-refractivity contribution in [3.05, 3.63) is 0 Å². The summed E-state index contributed by atoms with van der Waals surface area (Å²) in [6, 6.07) is 0. The minimum atomic E-state index is 0.0452. The molecule has 96 valence electrons. The number of hydrogen-bond donors (Lipinski definition) is 0. The third-order valence-corrected chi connectivity index (χ3v) is 3.08. The van der Waals surface area contributed by atoms with Crippen LogP contribution in [0.15, 0.2) is 0 Å². The van der Waals surface area contributed by atoms with Gasteiger partial charge < -0.3 is 14.5 Å². The van der Waals surface area contributed by atoms with Gasteiger partial charge in [0.15, 0.2) is 0 Å². The van der Waals surface area contributed by atoms with Crippen LogP contribution in [0.2, 0.25) is 0 Å². The Bertz CT molecular complexity index is 313. The normalized spacial score (nSPS) is 24.4. The van der Waals surface area contributed by atoms with Gasteiger partial charge in [0, 0.05) is 26.1 Å². The molecular formula is C12H20N2O3. The van der Waals surface area contributed by atoms with Crippen LogP contribution in [0.4, 0.5) is 0 Å². The second-order valence-corrected chi connectivity index (χ2v) is 5.21. The topological polar surface area (TPSA) is 53.2 Å². The average Bonchev–Trinajstić information content (AvgIpc) is 3.04. The van der Waals surface area contributed by atoms with E-state index in [0.29, 0.717) is 32.0 Å². The molecule has 2 amide bonds. The highest BCUT2D eigenvalue weighted by atomic mass is 16.6. The van der Waals surface area contributed by atoms with Crippen LogP contribution in [0.5, 0.6) is 0 Å². The molecule has 0 spiro atoms.